The minimum absolute atomic E-state index is 0.163. The molecule has 0 atom stereocenters. The number of amides is 2. The number of anilines is 2. The van der Waals surface area contributed by atoms with Crippen LogP contribution in [0.1, 0.15) is 0 Å². The molecule has 1 fully saturated rings. The number of imide groups is 1. The maximum Gasteiger partial charge on any atom is 0.246 e. The fourth-order valence-electron chi connectivity index (χ4n) is 1.62. The highest BCUT2D eigenvalue weighted by Crippen LogP contribution is 2.25. The molecule has 1 saturated heterocycles. The average molecular weight is 331 g/mol. The van der Waals surface area contributed by atoms with E-state index in [-0.39, 0.29) is 24.9 Å². The van der Waals surface area contributed by atoms with Crippen LogP contribution < -0.4 is 16.0 Å². The fraction of sp³-hybridized carbons (Fsp3) is 0.200. The number of nitrogens with two attached hydrogens (primary N) is 1. The molecule has 1 aromatic rings. The van der Waals surface area contributed by atoms with Crippen LogP contribution in [0.4, 0.5) is 11.4 Å². The molecule has 2 rings (SSSR count). The average Bonchev–Trinajstić information content (AvgIpc) is 2.15. The Balaban J connectivity index is 2.29. The Hall–Kier alpha value is -1.31. The first-order chi connectivity index (χ1) is 7.56. The van der Waals surface area contributed by atoms with Gasteiger partial charge in [-0.15, -0.1) is 0 Å². The van der Waals surface area contributed by atoms with E-state index in [2.05, 4.69) is 27.9 Å². The normalized spacial score (nSPS) is 16.2. The largest absolute Gasteiger partial charge is 0.397 e. The highest BCUT2D eigenvalue weighted by molar-refractivity contribution is 14.1. The first-order valence-electron chi connectivity index (χ1n) is 4.69. The van der Waals surface area contributed by atoms with Crippen LogP contribution >= 0.6 is 22.6 Å². The molecule has 0 saturated carbocycles. The lowest BCUT2D eigenvalue weighted by Crippen LogP contribution is -2.51. The summed E-state index contributed by atoms with van der Waals surface area (Å²) in [5.74, 6) is -0.594. The summed E-state index contributed by atoms with van der Waals surface area (Å²) in [6.07, 6.45) is 0. The summed E-state index contributed by atoms with van der Waals surface area (Å²) in [6.45, 7) is 0.326. The van der Waals surface area contributed by atoms with Gasteiger partial charge in [-0.25, -0.2) is 0 Å². The zero-order valence-corrected chi connectivity index (χ0v) is 10.5. The van der Waals surface area contributed by atoms with Gasteiger partial charge >= 0.3 is 0 Å². The minimum Gasteiger partial charge on any atom is -0.397 e. The number of hydrogen-bond donors (Lipinski definition) is 2. The van der Waals surface area contributed by atoms with Crippen LogP contribution in [-0.2, 0) is 9.59 Å². The third-order valence-corrected chi connectivity index (χ3v) is 2.95. The Kier molecular flexibility index (Phi) is 2.99. The van der Waals surface area contributed by atoms with Crippen LogP contribution in [0, 0.1) is 3.57 Å². The van der Waals surface area contributed by atoms with Gasteiger partial charge in [-0.3, -0.25) is 14.9 Å². The number of carbonyl (C=O) groups excluding carboxylic acids is 2. The highest BCUT2D eigenvalue weighted by atomic mass is 127. The second-order valence-corrected chi connectivity index (χ2v) is 4.78. The molecule has 5 nitrogen and oxygen atoms in total. The summed E-state index contributed by atoms with van der Waals surface area (Å²) in [5.41, 5.74) is 7.16. The molecule has 0 bridgehead atoms. The Morgan fingerprint density at radius 3 is 2.44 bits per heavy atom. The number of piperazine rings is 1. The van der Waals surface area contributed by atoms with Gasteiger partial charge in [0, 0.05) is 3.57 Å². The molecular weight excluding hydrogens is 321 g/mol. The van der Waals surface area contributed by atoms with Gasteiger partial charge < -0.3 is 10.6 Å². The van der Waals surface area contributed by atoms with E-state index >= 15 is 0 Å². The van der Waals surface area contributed by atoms with Crippen LogP contribution in [0.25, 0.3) is 0 Å². The van der Waals surface area contributed by atoms with E-state index in [4.69, 9.17) is 5.73 Å². The van der Waals surface area contributed by atoms with Gasteiger partial charge in [-0.05, 0) is 40.8 Å². The molecule has 0 radical (unpaired) electrons. The maximum absolute atomic E-state index is 11.2. The molecule has 1 aromatic carbocycles. The van der Waals surface area contributed by atoms with Crippen molar-refractivity contribution in [2.45, 2.75) is 0 Å². The van der Waals surface area contributed by atoms with Gasteiger partial charge in [0.05, 0.1) is 24.5 Å². The van der Waals surface area contributed by atoms with Crippen LogP contribution in [-0.4, -0.2) is 24.9 Å². The van der Waals surface area contributed by atoms with E-state index in [0.29, 0.717) is 5.69 Å². The molecule has 1 aliphatic heterocycles. The van der Waals surface area contributed by atoms with Gasteiger partial charge in [-0.2, -0.15) is 0 Å². The molecule has 1 aliphatic rings. The van der Waals surface area contributed by atoms with Crippen molar-refractivity contribution in [1.82, 2.24) is 5.32 Å². The second-order valence-electron chi connectivity index (χ2n) is 3.53. The van der Waals surface area contributed by atoms with Crippen LogP contribution in [0.3, 0.4) is 0 Å². The SMILES string of the molecule is Nc1cc(I)ccc1N1CC(=O)NC(=O)C1. The lowest BCUT2D eigenvalue weighted by Gasteiger charge is -2.28. The van der Waals surface area contributed by atoms with Gasteiger partial charge in [-0.1, -0.05) is 0 Å². The fourth-order valence-corrected chi connectivity index (χ4v) is 2.14. The minimum atomic E-state index is -0.297. The number of nitrogens with zero attached hydrogens (tertiary/aromatic N) is 1. The smallest absolute Gasteiger partial charge is 0.246 e. The van der Waals surface area contributed by atoms with Crippen molar-refractivity contribution in [2.75, 3.05) is 23.7 Å². The molecule has 6 heteroatoms. The Morgan fingerprint density at radius 1 is 1.25 bits per heavy atom. The molecular formula is C10H10IN3O2. The molecule has 0 spiro atoms. The Labute approximate surface area is 106 Å². The van der Waals surface area contributed by atoms with Crippen molar-refractivity contribution in [3.63, 3.8) is 0 Å². The van der Waals surface area contributed by atoms with Crippen molar-refractivity contribution >= 4 is 45.8 Å². The van der Waals surface area contributed by atoms with Crippen LogP contribution in [0.5, 0.6) is 0 Å². The molecule has 3 N–H and O–H groups in total. The molecule has 0 aromatic heterocycles. The highest BCUT2D eigenvalue weighted by Gasteiger charge is 2.23. The number of carbonyl (C=O) groups is 2. The molecule has 16 heavy (non-hydrogen) atoms. The standard InChI is InChI=1S/C10H10IN3O2/c11-6-1-2-8(7(12)3-6)14-4-9(15)13-10(16)5-14/h1-3H,4-5,12H2,(H,13,15,16). The molecule has 84 valence electrons. The molecule has 1 heterocycles. The summed E-state index contributed by atoms with van der Waals surface area (Å²) in [6, 6.07) is 5.53. The van der Waals surface area contributed by atoms with E-state index in [1.165, 1.54) is 0 Å². The predicted octanol–water partition coefficient (Wildman–Crippen LogP) is 0.336. The van der Waals surface area contributed by atoms with Gasteiger partial charge in [0.1, 0.15) is 0 Å². The van der Waals surface area contributed by atoms with Crippen molar-refractivity contribution in [2.24, 2.45) is 0 Å². The molecule has 0 unspecified atom stereocenters. The van der Waals surface area contributed by atoms with Gasteiger partial charge in [0.15, 0.2) is 0 Å². The second kappa shape index (κ2) is 4.28. The summed E-state index contributed by atoms with van der Waals surface area (Å²) >= 11 is 2.16. The van der Waals surface area contributed by atoms with Crippen molar-refractivity contribution in [1.29, 1.82) is 0 Å². The summed E-state index contributed by atoms with van der Waals surface area (Å²) < 4.78 is 1.02. The van der Waals surface area contributed by atoms with Crippen molar-refractivity contribution in [3.05, 3.63) is 21.8 Å². The van der Waals surface area contributed by atoms with E-state index < -0.39 is 0 Å². The third-order valence-electron chi connectivity index (χ3n) is 2.28. The zero-order valence-electron chi connectivity index (χ0n) is 8.37. The first kappa shape index (κ1) is 11.2. The van der Waals surface area contributed by atoms with E-state index in [1.807, 2.05) is 18.2 Å². The molecule has 0 aliphatic carbocycles. The topological polar surface area (TPSA) is 75.4 Å². The van der Waals surface area contributed by atoms with Gasteiger partial charge in [0.2, 0.25) is 11.8 Å². The van der Waals surface area contributed by atoms with Crippen LogP contribution in [0.15, 0.2) is 18.2 Å². The van der Waals surface area contributed by atoms with E-state index in [0.717, 1.165) is 9.26 Å². The van der Waals surface area contributed by atoms with Gasteiger partial charge in [0.25, 0.3) is 0 Å². The van der Waals surface area contributed by atoms with Crippen molar-refractivity contribution < 1.29 is 9.59 Å². The summed E-state index contributed by atoms with van der Waals surface area (Å²) in [7, 11) is 0. The first-order valence-corrected chi connectivity index (χ1v) is 5.77. The maximum atomic E-state index is 11.2. The monoisotopic (exact) mass is 331 g/mol. The predicted molar refractivity (Wildman–Crippen MR) is 68.9 cm³/mol. The summed E-state index contributed by atoms with van der Waals surface area (Å²) in [4.78, 5) is 24.1. The number of rotatable bonds is 1. The number of halogens is 1. The van der Waals surface area contributed by atoms with E-state index in [9.17, 15) is 9.59 Å². The lowest BCUT2D eigenvalue weighted by atomic mass is 10.2. The number of benzene rings is 1. The Bertz CT molecular complexity index is 445. The lowest BCUT2D eigenvalue weighted by molar-refractivity contribution is -0.130. The third kappa shape index (κ3) is 2.26. The molecule has 2 amide bonds. The zero-order chi connectivity index (χ0) is 11.7. The quantitative estimate of drug-likeness (QED) is 0.442. The number of hydrogen-bond acceptors (Lipinski definition) is 4. The number of nitrogens with one attached hydrogen (secondary N) is 1. The van der Waals surface area contributed by atoms with E-state index in [1.54, 1.807) is 4.90 Å². The van der Waals surface area contributed by atoms with Crippen LogP contribution in [0.2, 0.25) is 0 Å². The summed E-state index contributed by atoms with van der Waals surface area (Å²) in [5, 5.41) is 2.25. The Morgan fingerprint density at radius 2 is 1.88 bits per heavy atom. The van der Waals surface area contributed by atoms with Crippen molar-refractivity contribution in [3.8, 4) is 0 Å². The number of nitrogen functional groups attached to an aromatic ring is 1.